The van der Waals surface area contributed by atoms with E-state index < -0.39 is 17.8 Å². The Morgan fingerprint density at radius 3 is 2.70 bits per heavy atom. The quantitative estimate of drug-likeness (QED) is 0.419. The van der Waals surface area contributed by atoms with Crippen molar-refractivity contribution >= 4 is 34.9 Å². The van der Waals surface area contributed by atoms with Gasteiger partial charge in [0.25, 0.3) is 0 Å². The molecule has 2 aromatic rings. The summed E-state index contributed by atoms with van der Waals surface area (Å²) in [5.41, 5.74) is 0.0316. The van der Waals surface area contributed by atoms with Crippen molar-refractivity contribution < 1.29 is 24.2 Å². The van der Waals surface area contributed by atoms with Gasteiger partial charge >= 0.3 is 12.2 Å². The minimum absolute atomic E-state index is 0.00245. The number of piperidine rings is 1. The fourth-order valence-corrected chi connectivity index (χ4v) is 4.84. The van der Waals surface area contributed by atoms with Crippen molar-refractivity contribution in [1.29, 1.82) is 5.26 Å². The Hall–Kier alpha value is -4.08. The Morgan fingerprint density at radius 2 is 2.02 bits per heavy atom. The first-order chi connectivity index (χ1) is 18.9. The molecule has 1 aliphatic rings. The summed E-state index contributed by atoms with van der Waals surface area (Å²) < 4.78 is 6.98. The van der Waals surface area contributed by atoms with Crippen LogP contribution < -0.4 is 10.2 Å². The number of carbonyl (C=O) groups excluding carboxylic acids is 2. The zero-order valence-corrected chi connectivity index (χ0v) is 24.0. The van der Waals surface area contributed by atoms with Gasteiger partial charge in [0.15, 0.2) is 0 Å². The first kappa shape index (κ1) is 30.5. The topological polar surface area (TPSA) is 157 Å². The minimum atomic E-state index is -1.05. The molecule has 0 unspecified atom stereocenters. The van der Waals surface area contributed by atoms with Crippen molar-refractivity contribution in [3.8, 4) is 6.07 Å². The molecule has 1 saturated heterocycles. The van der Waals surface area contributed by atoms with Crippen molar-refractivity contribution in [2.24, 2.45) is 5.92 Å². The highest BCUT2D eigenvalue weighted by Crippen LogP contribution is 2.30. The van der Waals surface area contributed by atoms with Crippen LogP contribution in [0.2, 0.25) is 0 Å². The number of ether oxygens (including phenoxy) is 1. The predicted octanol–water partition coefficient (Wildman–Crippen LogP) is 3.26. The lowest BCUT2D eigenvalue weighted by Crippen LogP contribution is -2.52. The molecule has 13 nitrogen and oxygen atoms in total. The second-order valence-corrected chi connectivity index (χ2v) is 11.2. The zero-order valence-electron chi connectivity index (χ0n) is 24.0. The van der Waals surface area contributed by atoms with Gasteiger partial charge in [-0.1, -0.05) is 6.92 Å². The van der Waals surface area contributed by atoms with Gasteiger partial charge < -0.3 is 29.5 Å². The molecule has 0 radical (unpaired) electrons. The molecule has 1 fully saturated rings. The Kier molecular flexibility index (Phi) is 10.1. The van der Waals surface area contributed by atoms with Gasteiger partial charge in [-0.15, -0.1) is 0 Å². The second-order valence-electron chi connectivity index (χ2n) is 11.2. The maximum atomic E-state index is 12.4. The van der Waals surface area contributed by atoms with Crippen molar-refractivity contribution in [2.45, 2.75) is 71.7 Å². The third-order valence-electron chi connectivity index (χ3n) is 6.98. The van der Waals surface area contributed by atoms with Crippen LogP contribution in [0.4, 0.5) is 15.4 Å². The molecule has 2 aromatic heterocycles. The van der Waals surface area contributed by atoms with E-state index in [2.05, 4.69) is 27.1 Å². The highest BCUT2D eigenvalue weighted by atomic mass is 16.6. The number of hydrogen-bond acceptors (Lipinski definition) is 8. The summed E-state index contributed by atoms with van der Waals surface area (Å²) in [5.74, 6) is 0.835. The molecule has 0 aliphatic carbocycles. The standard InChI is InChI=1S/C27H40N8O5/c1-19-9-14-33(22(36)8-11-28)16-21(19)32(5)23-20-10-15-34(24(20)31-17-30-23)18-35(26(38)39)13-7-6-12-29-25(37)40-27(2,3)4/h10,15,17,19,21H,6-9,12-14,16,18H2,1-5H3,(H,29,37)(H,38,39)/t19-,21+/m1/s1. The highest BCUT2D eigenvalue weighted by molar-refractivity contribution is 5.88. The van der Waals surface area contributed by atoms with Crippen LogP contribution in [0.3, 0.4) is 0 Å². The number of anilines is 1. The zero-order chi connectivity index (χ0) is 29.4. The molecule has 13 heteroatoms. The number of nitriles is 1. The number of likely N-dealkylation sites (tertiary alicyclic amines) is 1. The van der Waals surface area contributed by atoms with Gasteiger partial charge in [-0.2, -0.15) is 5.26 Å². The van der Waals surface area contributed by atoms with Crippen LogP contribution in [-0.2, 0) is 16.2 Å². The third kappa shape index (κ3) is 7.97. The number of nitrogens with one attached hydrogen (secondary N) is 1. The summed E-state index contributed by atoms with van der Waals surface area (Å²) in [7, 11) is 1.94. The Morgan fingerprint density at radius 1 is 1.27 bits per heavy atom. The molecule has 3 rings (SSSR count). The molecule has 0 aromatic carbocycles. The van der Waals surface area contributed by atoms with Crippen molar-refractivity contribution in [3.63, 3.8) is 0 Å². The number of unbranched alkanes of at least 4 members (excludes halogenated alkanes) is 1. The smallest absolute Gasteiger partial charge is 0.408 e. The largest absolute Gasteiger partial charge is 0.465 e. The Labute approximate surface area is 234 Å². The average molecular weight is 557 g/mol. The van der Waals surface area contributed by atoms with Crippen LogP contribution in [0.25, 0.3) is 11.0 Å². The fourth-order valence-electron chi connectivity index (χ4n) is 4.84. The van der Waals surface area contributed by atoms with Crippen LogP contribution in [0.15, 0.2) is 18.6 Å². The van der Waals surface area contributed by atoms with Crippen LogP contribution >= 0.6 is 0 Å². The summed E-state index contributed by atoms with van der Waals surface area (Å²) in [4.78, 5) is 50.2. The predicted molar refractivity (Wildman–Crippen MR) is 149 cm³/mol. The number of carbonyl (C=O) groups is 3. The number of fused-ring (bicyclic) bond motifs is 1. The molecular weight excluding hydrogens is 516 g/mol. The number of nitrogens with zero attached hydrogens (tertiary/aromatic N) is 7. The number of hydrogen-bond donors (Lipinski definition) is 2. The van der Waals surface area contributed by atoms with Gasteiger partial charge in [0, 0.05) is 39.4 Å². The van der Waals surface area contributed by atoms with E-state index in [0.717, 1.165) is 11.8 Å². The summed E-state index contributed by atoms with van der Waals surface area (Å²) in [6.45, 7) is 9.41. The van der Waals surface area contributed by atoms with Gasteiger partial charge in [0.2, 0.25) is 5.91 Å². The minimum Gasteiger partial charge on any atom is -0.465 e. The van der Waals surface area contributed by atoms with E-state index in [9.17, 15) is 19.5 Å². The maximum Gasteiger partial charge on any atom is 0.408 e. The summed E-state index contributed by atoms with van der Waals surface area (Å²) in [6.07, 6.45) is 3.56. The van der Waals surface area contributed by atoms with Crippen molar-refractivity contribution in [2.75, 3.05) is 38.1 Å². The van der Waals surface area contributed by atoms with Crippen LogP contribution in [0.1, 0.15) is 53.4 Å². The normalized spacial score (nSPS) is 17.2. The first-order valence-corrected chi connectivity index (χ1v) is 13.5. The molecule has 2 atom stereocenters. The van der Waals surface area contributed by atoms with Gasteiger partial charge in [0.1, 0.15) is 36.5 Å². The van der Waals surface area contributed by atoms with E-state index in [1.165, 1.54) is 11.2 Å². The summed E-state index contributed by atoms with van der Waals surface area (Å²) in [5, 5.41) is 22.2. The Bertz CT molecular complexity index is 1230. The molecule has 0 spiro atoms. The van der Waals surface area contributed by atoms with E-state index >= 15 is 0 Å². The summed E-state index contributed by atoms with van der Waals surface area (Å²) in [6, 6.07) is 3.81. The maximum absolute atomic E-state index is 12.4. The second kappa shape index (κ2) is 13.3. The fraction of sp³-hybridized carbons (Fsp3) is 0.630. The van der Waals surface area contributed by atoms with E-state index in [1.54, 1.807) is 36.4 Å². The van der Waals surface area contributed by atoms with Crippen molar-refractivity contribution in [3.05, 3.63) is 18.6 Å². The highest BCUT2D eigenvalue weighted by Gasteiger charge is 2.32. The van der Waals surface area contributed by atoms with E-state index in [-0.39, 0.29) is 31.6 Å². The number of alkyl carbamates (subject to hydrolysis) is 1. The van der Waals surface area contributed by atoms with Gasteiger partial charge in [0.05, 0.1) is 17.5 Å². The van der Waals surface area contributed by atoms with E-state index in [1.807, 2.05) is 19.2 Å². The van der Waals surface area contributed by atoms with Gasteiger partial charge in [-0.3, -0.25) is 9.69 Å². The third-order valence-corrected chi connectivity index (χ3v) is 6.98. The van der Waals surface area contributed by atoms with Crippen LogP contribution in [0, 0.1) is 17.2 Å². The molecular formula is C27H40N8O5. The Balaban J connectivity index is 1.65. The number of aromatic nitrogens is 3. The first-order valence-electron chi connectivity index (χ1n) is 13.5. The van der Waals surface area contributed by atoms with Gasteiger partial charge in [-0.25, -0.2) is 19.6 Å². The number of amides is 3. The lowest BCUT2D eigenvalue weighted by Gasteiger charge is -2.42. The van der Waals surface area contributed by atoms with Crippen LogP contribution in [0.5, 0.6) is 0 Å². The van der Waals surface area contributed by atoms with E-state index in [0.29, 0.717) is 49.9 Å². The molecule has 0 bridgehead atoms. The number of carboxylic acid groups (broad SMARTS) is 1. The molecule has 3 heterocycles. The molecule has 3 amide bonds. The average Bonchev–Trinajstić information content (AvgIpc) is 3.29. The van der Waals surface area contributed by atoms with Crippen molar-refractivity contribution in [1.82, 2.24) is 29.7 Å². The lowest BCUT2D eigenvalue weighted by molar-refractivity contribution is -0.131. The molecule has 1 aliphatic heterocycles. The van der Waals surface area contributed by atoms with Crippen LogP contribution in [-0.4, -0.2) is 92.4 Å². The number of rotatable bonds is 10. The lowest BCUT2D eigenvalue weighted by atomic mass is 9.92. The SMILES string of the molecule is C[C@@H]1CCN(C(=O)CC#N)C[C@@H]1N(C)c1ncnc2c1ccn2CN(CCCCNC(=O)OC(C)(C)C)C(=O)O. The molecule has 40 heavy (non-hydrogen) atoms. The summed E-state index contributed by atoms with van der Waals surface area (Å²) >= 11 is 0. The van der Waals surface area contributed by atoms with Gasteiger partial charge in [-0.05, 0) is 52.0 Å². The monoisotopic (exact) mass is 556 g/mol. The van der Waals surface area contributed by atoms with E-state index in [4.69, 9.17) is 10.00 Å². The molecule has 218 valence electrons. The molecule has 2 N–H and O–H groups in total. The number of likely N-dealkylation sites (N-methyl/N-ethyl adjacent to an activating group) is 1. The molecule has 0 saturated carbocycles.